The van der Waals surface area contributed by atoms with Gasteiger partial charge in [0.15, 0.2) is 0 Å². The van der Waals surface area contributed by atoms with Crippen LogP contribution >= 0.6 is 0 Å². The van der Waals surface area contributed by atoms with Crippen LogP contribution < -0.4 is 5.32 Å². The first-order valence-corrected chi connectivity index (χ1v) is 12.4. The van der Waals surface area contributed by atoms with E-state index in [1.807, 2.05) is 6.92 Å². The summed E-state index contributed by atoms with van der Waals surface area (Å²) in [4.78, 5) is 27.1. The first kappa shape index (κ1) is 21.5. The number of esters is 1. The molecule has 0 unspecified atom stereocenters. The van der Waals surface area contributed by atoms with Gasteiger partial charge < -0.3 is 24.3 Å². The van der Waals surface area contributed by atoms with Gasteiger partial charge in [0.25, 0.3) is 0 Å². The van der Waals surface area contributed by atoms with Gasteiger partial charge in [0, 0.05) is 6.42 Å². The predicted molar refractivity (Wildman–Crippen MR) is 112 cm³/mol. The van der Waals surface area contributed by atoms with Crippen molar-refractivity contribution in [2.45, 2.75) is 102 Å². The highest BCUT2D eigenvalue weighted by atomic mass is 16.9. The Hall–Kier alpha value is -1.34. The molecule has 6 fully saturated rings. The zero-order valence-electron chi connectivity index (χ0n) is 19.0. The minimum Gasteiger partial charge on any atom is -0.443 e. The molecule has 174 valence electrons. The minimum atomic E-state index is -1.33. The Morgan fingerprint density at radius 3 is 1.97 bits per heavy atom. The summed E-state index contributed by atoms with van der Waals surface area (Å²) in [7, 11) is 0. The molecule has 7 nitrogen and oxygen atoms in total. The largest absolute Gasteiger partial charge is 0.443 e. The van der Waals surface area contributed by atoms with Crippen molar-refractivity contribution in [1.29, 1.82) is 0 Å². The van der Waals surface area contributed by atoms with Crippen LogP contribution in [0.5, 0.6) is 0 Å². The van der Waals surface area contributed by atoms with Gasteiger partial charge in [-0.25, -0.2) is 9.59 Å². The molecule has 0 radical (unpaired) electrons. The summed E-state index contributed by atoms with van der Waals surface area (Å²) in [6.07, 6.45) is 9.80. The summed E-state index contributed by atoms with van der Waals surface area (Å²) in [5, 5.41) is 3.13. The smallest absolute Gasteiger partial charge is 0.408 e. The van der Waals surface area contributed by atoms with Gasteiger partial charge in [0.05, 0.1) is 13.2 Å². The molecule has 1 heterocycles. The Bertz CT molecular complexity index is 681. The average Bonchev–Trinajstić information content (AvgIpc) is 3.41. The van der Waals surface area contributed by atoms with Gasteiger partial charge in [0.2, 0.25) is 0 Å². The normalized spacial score (nSPS) is 39.4. The molecule has 1 amide bonds. The molecule has 0 aromatic rings. The van der Waals surface area contributed by atoms with E-state index in [1.54, 1.807) is 0 Å². The Morgan fingerprint density at radius 1 is 0.871 bits per heavy atom. The highest BCUT2D eigenvalue weighted by Gasteiger charge is 2.64. The van der Waals surface area contributed by atoms with Crippen molar-refractivity contribution in [2.75, 3.05) is 13.2 Å². The predicted octanol–water partition coefficient (Wildman–Crippen LogP) is 4.28. The van der Waals surface area contributed by atoms with Crippen LogP contribution in [-0.4, -0.2) is 42.4 Å². The molecule has 7 heteroatoms. The lowest BCUT2D eigenvalue weighted by molar-refractivity contribution is -0.320. The lowest BCUT2D eigenvalue weighted by Crippen LogP contribution is -2.71. The molecular weight excluding hydrogens is 398 g/mol. The van der Waals surface area contributed by atoms with Crippen molar-refractivity contribution in [3.05, 3.63) is 0 Å². The van der Waals surface area contributed by atoms with Crippen molar-refractivity contribution < 1.29 is 28.5 Å². The fourth-order valence-electron chi connectivity index (χ4n) is 7.45. The van der Waals surface area contributed by atoms with Crippen LogP contribution in [0.1, 0.15) is 84.5 Å². The quantitative estimate of drug-likeness (QED) is 0.627. The van der Waals surface area contributed by atoms with Crippen LogP contribution in [0.3, 0.4) is 0 Å². The van der Waals surface area contributed by atoms with E-state index in [4.69, 9.17) is 18.9 Å². The molecule has 31 heavy (non-hydrogen) atoms. The van der Waals surface area contributed by atoms with Gasteiger partial charge in [-0.15, -0.1) is 0 Å². The van der Waals surface area contributed by atoms with Gasteiger partial charge in [-0.2, -0.15) is 0 Å². The van der Waals surface area contributed by atoms with Gasteiger partial charge in [0.1, 0.15) is 11.1 Å². The summed E-state index contributed by atoms with van der Waals surface area (Å²) < 4.78 is 23.3. The third-order valence-electron chi connectivity index (χ3n) is 8.95. The maximum absolute atomic E-state index is 13.8. The summed E-state index contributed by atoms with van der Waals surface area (Å²) in [5.74, 6) is -0.269. The molecule has 5 aliphatic carbocycles. The van der Waals surface area contributed by atoms with E-state index in [0.29, 0.717) is 31.5 Å². The van der Waals surface area contributed by atoms with Gasteiger partial charge in [-0.3, -0.25) is 0 Å². The highest BCUT2D eigenvalue weighted by Crippen LogP contribution is 2.59. The number of hydrogen-bond acceptors (Lipinski definition) is 6. The van der Waals surface area contributed by atoms with Crippen LogP contribution in [0.15, 0.2) is 0 Å². The number of ether oxygens (including phenoxy) is 4. The zero-order valence-corrected chi connectivity index (χ0v) is 19.0. The van der Waals surface area contributed by atoms with E-state index in [9.17, 15) is 9.59 Å². The molecule has 0 atom stereocenters. The van der Waals surface area contributed by atoms with Crippen molar-refractivity contribution in [1.82, 2.24) is 5.32 Å². The maximum atomic E-state index is 13.8. The zero-order chi connectivity index (χ0) is 21.7. The van der Waals surface area contributed by atoms with Crippen LogP contribution in [-0.2, 0) is 23.7 Å². The molecule has 4 bridgehead atoms. The molecule has 5 saturated carbocycles. The first-order chi connectivity index (χ1) is 14.9. The fourth-order valence-corrected chi connectivity index (χ4v) is 7.45. The number of amides is 1. The molecule has 6 rings (SSSR count). The lowest BCUT2D eigenvalue weighted by atomic mass is 9.48. The third-order valence-corrected chi connectivity index (χ3v) is 8.95. The summed E-state index contributed by atoms with van der Waals surface area (Å²) in [6.45, 7) is 4.76. The number of alkyl carbamates (subject to hydrolysis) is 1. The minimum absolute atomic E-state index is 0.0836. The van der Waals surface area contributed by atoms with Crippen LogP contribution in [0.4, 0.5) is 4.79 Å². The number of nitrogens with one attached hydrogen (secondary N) is 1. The molecule has 6 aliphatic rings. The number of hydrogen-bond donors (Lipinski definition) is 1. The van der Waals surface area contributed by atoms with E-state index in [2.05, 4.69) is 12.2 Å². The van der Waals surface area contributed by atoms with Crippen molar-refractivity contribution in [3.8, 4) is 0 Å². The van der Waals surface area contributed by atoms with Gasteiger partial charge in [-0.1, -0.05) is 13.8 Å². The molecule has 0 aromatic carbocycles. The number of carbonyl (C=O) groups is 2. The summed E-state index contributed by atoms with van der Waals surface area (Å²) in [5.41, 5.74) is -1.45. The lowest BCUT2D eigenvalue weighted by Gasteiger charge is -2.59. The van der Waals surface area contributed by atoms with Crippen molar-refractivity contribution >= 4 is 12.1 Å². The Labute approximate surface area is 184 Å². The maximum Gasteiger partial charge on any atom is 0.408 e. The second-order valence-corrected chi connectivity index (χ2v) is 10.6. The van der Waals surface area contributed by atoms with Crippen molar-refractivity contribution in [3.63, 3.8) is 0 Å². The Kier molecular flexibility index (Phi) is 5.48. The molecule has 1 N–H and O–H groups in total. The molecule has 1 aliphatic heterocycles. The first-order valence-electron chi connectivity index (χ1n) is 12.4. The monoisotopic (exact) mass is 435 g/mol. The second kappa shape index (κ2) is 7.91. The van der Waals surface area contributed by atoms with E-state index in [0.717, 1.165) is 57.8 Å². The highest BCUT2D eigenvalue weighted by molar-refractivity contribution is 5.87. The van der Waals surface area contributed by atoms with E-state index >= 15 is 0 Å². The number of rotatable bonds is 6. The summed E-state index contributed by atoms with van der Waals surface area (Å²) in [6, 6.07) is 0. The van der Waals surface area contributed by atoms with E-state index < -0.39 is 29.2 Å². The standard InChI is InChI=1S/C24H37NO6/c1-3-22(7-5-6-8-22)31-21(27)25-24(20(26)30-23(4-2)28-9-10-29-23)18-12-16-11-17(14-18)15-19(24)13-16/h16-19H,3-15H2,1-2H3,(H,25,27). The van der Waals surface area contributed by atoms with Crippen LogP contribution in [0.25, 0.3) is 0 Å². The summed E-state index contributed by atoms with van der Waals surface area (Å²) >= 11 is 0. The van der Waals surface area contributed by atoms with E-state index in [1.165, 1.54) is 6.42 Å². The van der Waals surface area contributed by atoms with Crippen LogP contribution in [0.2, 0.25) is 0 Å². The van der Waals surface area contributed by atoms with Gasteiger partial charge >= 0.3 is 18.0 Å². The Balaban J connectivity index is 1.41. The second-order valence-electron chi connectivity index (χ2n) is 10.6. The molecule has 0 aromatic heterocycles. The topological polar surface area (TPSA) is 83.1 Å². The SMILES string of the molecule is CCC1(OC(=O)NC2(C(=O)OC3(CC)OCCO3)C3CC4CC(C3)CC2C4)CCCC1. The molecular formula is C24H37NO6. The van der Waals surface area contributed by atoms with Crippen LogP contribution in [0, 0.1) is 23.7 Å². The van der Waals surface area contributed by atoms with Gasteiger partial charge in [-0.05, 0) is 87.9 Å². The third kappa shape index (κ3) is 3.56. The van der Waals surface area contributed by atoms with E-state index in [-0.39, 0.29) is 11.8 Å². The average molecular weight is 436 g/mol. The molecule has 1 saturated heterocycles. The van der Waals surface area contributed by atoms with Crippen molar-refractivity contribution in [2.24, 2.45) is 23.7 Å². The fraction of sp³-hybridized carbons (Fsp3) is 0.917. The Morgan fingerprint density at radius 2 is 1.45 bits per heavy atom. The molecule has 0 spiro atoms. The number of carbonyl (C=O) groups excluding carboxylic acids is 2.